The van der Waals surface area contributed by atoms with Gasteiger partial charge in [-0.25, -0.2) is 13.1 Å². The lowest BCUT2D eigenvalue weighted by Crippen LogP contribution is -2.26. The maximum Gasteiger partial charge on any atom is 0.244 e. The van der Waals surface area contributed by atoms with Gasteiger partial charge in [0.05, 0.1) is 7.11 Å². The first-order valence-corrected chi connectivity index (χ1v) is 8.67. The number of hydrogen-bond acceptors (Lipinski definition) is 3. The normalized spacial score (nSPS) is 11.4. The molecule has 0 bridgehead atoms. The van der Waals surface area contributed by atoms with Crippen LogP contribution in [0, 0.1) is 6.92 Å². The lowest BCUT2D eigenvalue weighted by Gasteiger charge is -2.11. The summed E-state index contributed by atoms with van der Waals surface area (Å²) in [5, 5.41) is 0.661. The quantitative estimate of drug-likeness (QED) is 0.879. The maximum absolute atomic E-state index is 12.4. The molecule has 0 unspecified atom stereocenters. The van der Waals surface area contributed by atoms with Gasteiger partial charge in [-0.3, -0.25) is 0 Å². The fraction of sp³-hybridized carbons (Fsp3) is 0.250. The third kappa shape index (κ3) is 4.22. The van der Waals surface area contributed by atoms with Crippen LogP contribution >= 0.6 is 11.6 Å². The van der Waals surface area contributed by atoms with Gasteiger partial charge in [-0.15, -0.1) is 0 Å². The van der Waals surface area contributed by atoms with Crippen molar-refractivity contribution in [1.82, 2.24) is 4.72 Å². The second-order valence-electron chi connectivity index (χ2n) is 4.93. The van der Waals surface area contributed by atoms with Crippen molar-refractivity contribution in [3.63, 3.8) is 0 Å². The summed E-state index contributed by atoms with van der Waals surface area (Å²) in [6, 6.07) is 12.4. The maximum atomic E-state index is 12.4. The number of rotatable bonds is 6. The molecule has 0 radical (unpaired) electrons. The first kappa shape index (κ1) is 16.8. The predicted octanol–water partition coefficient (Wildman–Crippen LogP) is 3.18. The molecule has 0 saturated heterocycles. The Balaban J connectivity index is 2.08. The van der Waals surface area contributed by atoms with Crippen molar-refractivity contribution in [2.75, 3.05) is 13.7 Å². The molecule has 0 amide bonds. The SMILES string of the molecule is COc1ccc(C)cc1S(=O)(=O)NCCc1ccc(Cl)cc1. The van der Waals surface area contributed by atoms with Gasteiger partial charge >= 0.3 is 0 Å². The molecular weight excluding hydrogens is 322 g/mol. The third-order valence-corrected chi connectivity index (χ3v) is 4.96. The van der Waals surface area contributed by atoms with Crippen molar-refractivity contribution < 1.29 is 13.2 Å². The van der Waals surface area contributed by atoms with Gasteiger partial charge in [0.25, 0.3) is 0 Å². The Bertz CT molecular complexity index is 742. The van der Waals surface area contributed by atoms with E-state index in [0.29, 0.717) is 23.7 Å². The molecule has 6 heteroatoms. The summed E-state index contributed by atoms with van der Waals surface area (Å²) in [4.78, 5) is 0.158. The van der Waals surface area contributed by atoms with Gasteiger partial charge in [-0.1, -0.05) is 29.8 Å². The van der Waals surface area contributed by atoms with Gasteiger partial charge in [0.2, 0.25) is 10.0 Å². The molecule has 0 aliphatic carbocycles. The van der Waals surface area contributed by atoms with Crippen LogP contribution in [0.25, 0.3) is 0 Å². The van der Waals surface area contributed by atoms with Crippen molar-refractivity contribution >= 4 is 21.6 Å². The number of halogens is 1. The summed E-state index contributed by atoms with van der Waals surface area (Å²) in [6.07, 6.45) is 0.588. The largest absolute Gasteiger partial charge is 0.495 e. The third-order valence-electron chi connectivity index (χ3n) is 3.23. The second kappa shape index (κ2) is 7.13. The lowest BCUT2D eigenvalue weighted by molar-refractivity contribution is 0.402. The Kier molecular flexibility index (Phi) is 5.45. The van der Waals surface area contributed by atoms with Gasteiger partial charge in [0, 0.05) is 11.6 Å². The van der Waals surface area contributed by atoms with Crippen molar-refractivity contribution in [3.8, 4) is 5.75 Å². The van der Waals surface area contributed by atoms with E-state index >= 15 is 0 Å². The lowest BCUT2D eigenvalue weighted by atomic mass is 10.2. The zero-order chi connectivity index (χ0) is 16.2. The Hall–Kier alpha value is -1.56. The van der Waals surface area contributed by atoms with Crippen molar-refractivity contribution in [2.24, 2.45) is 0 Å². The van der Waals surface area contributed by atoms with Gasteiger partial charge in [-0.2, -0.15) is 0 Å². The number of benzene rings is 2. The van der Waals surface area contributed by atoms with E-state index in [9.17, 15) is 8.42 Å². The molecule has 0 saturated carbocycles. The summed E-state index contributed by atoms with van der Waals surface area (Å²) in [7, 11) is -2.15. The summed E-state index contributed by atoms with van der Waals surface area (Å²) >= 11 is 5.82. The van der Waals surface area contributed by atoms with E-state index in [0.717, 1.165) is 11.1 Å². The topological polar surface area (TPSA) is 55.4 Å². The number of hydrogen-bond donors (Lipinski definition) is 1. The molecule has 2 rings (SSSR count). The molecule has 0 aliphatic rings. The molecule has 22 heavy (non-hydrogen) atoms. The molecule has 118 valence electrons. The highest BCUT2D eigenvalue weighted by atomic mass is 35.5. The molecule has 0 heterocycles. The van der Waals surface area contributed by atoms with Crippen LogP contribution in [0.2, 0.25) is 5.02 Å². The fourth-order valence-electron chi connectivity index (χ4n) is 2.05. The van der Waals surface area contributed by atoms with E-state index in [-0.39, 0.29) is 4.90 Å². The Morgan fingerprint density at radius 3 is 2.45 bits per heavy atom. The number of sulfonamides is 1. The fourth-order valence-corrected chi connectivity index (χ4v) is 3.46. The Labute approximate surface area is 136 Å². The number of ether oxygens (including phenoxy) is 1. The van der Waals surface area contributed by atoms with Crippen molar-refractivity contribution in [2.45, 2.75) is 18.2 Å². The molecule has 2 aromatic carbocycles. The van der Waals surface area contributed by atoms with Crippen LogP contribution in [0.4, 0.5) is 0 Å². The molecule has 0 fully saturated rings. The van der Waals surface area contributed by atoms with Crippen LogP contribution in [0.15, 0.2) is 47.4 Å². The van der Waals surface area contributed by atoms with E-state index in [1.807, 2.05) is 25.1 Å². The zero-order valence-corrected chi connectivity index (χ0v) is 14.0. The van der Waals surface area contributed by atoms with Gasteiger partial charge in [-0.05, 0) is 48.7 Å². The van der Waals surface area contributed by atoms with Crippen LogP contribution in [-0.4, -0.2) is 22.1 Å². The molecule has 0 spiro atoms. The smallest absolute Gasteiger partial charge is 0.244 e. The summed E-state index contributed by atoms with van der Waals surface area (Å²) in [5.41, 5.74) is 1.88. The molecule has 2 aromatic rings. The zero-order valence-electron chi connectivity index (χ0n) is 12.5. The predicted molar refractivity (Wildman–Crippen MR) is 88.1 cm³/mol. The molecule has 0 aromatic heterocycles. The monoisotopic (exact) mass is 339 g/mol. The standard InChI is InChI=1S/C16H18ClNO3S/c1-12-3-8-15(21-2)16(11-12)22(19,20)18-10-9-13-4-6-14(17)7-5-13/h3-8,11,18H,9-10H2,1-2H3. The van der Waals surface area contributed by atoms with Crippen LogP contribution in [0.1, 0.15) is 11.1 Å². The molecule has 1 N–H and O–H groups in total. The number of methoxy groups -OCH3 is 1. The van der Waals surface area contributed by atoms with Crippen LogP contribution < -0.4 is 9.46 Å². The number of nitrogens with one attached hydrogen (secondary N) is 1. The average Bonchev–Trinajstić information content (AvgIpc) is 2.49. The highest BCUT2D eigenvalue weighted by molar-refractivity contribution is 7.89. The highest BCUT2D eigenvalue weighted by Gasteiger charge is 2.19. The van der Waals surface area contributed by atoms with E-state index in [4.69, 9.17) is 16.3 Å². The van der Waals surface area contributed by atoms with Crippen LogP contribution in [0.3, 0.4) is 0 Å². The van der Waals surface area contributed by atoms with Crippen LogP contribution in [-0.2, 0) is 16.4 Å². The average molecular weight is 340 g/mol. The molecule has 4 nitrogen and oxygen atoms in total. The Morgan fingerprint density at radius 2 is 1.82 bits per heavy atom. The van der Waals surface area contributed by atoms with E-state index in [1.54, 1.807) is 24.3 Å². The van der Waals surface area contributed by atoms with Gasteiger partial charge in [0.15, 0.2) is 0 Å². The molecular formula is C16H18ClNO3S. The minimum atomic E-state index is -3.60. The van der Waals surface area contributed by atoms with E-state index in [1.165, 1.54) is 7.11 Å². The van der Waals surface area contributed by atoms with Crippen molar-refractivity contribution in [1.29, 1.82) is 0 Å². The Morgan fingerprint density at radius 1 is 1.14 bits per heavy atom. The van der Waals surface area contributed by atoms with Gasteiger partial charge in [0.1, 0.15) is 10.6 Å². The number of aryl methyl sites for hydroxylation is 1. The summed E-state index contributed by atoms with van der Waals surface area (Å²) < 4.78 is 32.5. The first-order chi connectivity index (χ1) is 10.4. The van der Waals surface area contributed by atoms with Crippen LogP contribution in [0.5, 0.6) is 5.75 Å². The first-order valence-electron chi connectivity index (χ1n) is 6.81. The van der Waals surface area contributed by atoms with Gasteiger partial charge < -0.3 is 4.74 Å². The minimum Gasteiger partial charge on any atom is -0.495 e. The second-order valence-corrected chi connectivity index (χ2v) is 7.10. The minimum absolute atomic E-state index is 0.158. The van der Waals surface area contributed by atoms with E-state index < -0.39 is 10.0 Å². The summed E-state index contributed by atoms with van der Waals surface area (Å²) in [6.45, 7) is 2.15. The summed E-state index contributed by atoms with van der Waals surface area (Å²) in [5.74, 6) is 0.338. The van der Waals surface area contributed by atoms with E-state index in [2.05, 4.69) is 4.72 Å². The van der Waals surface area contributed by atoms with Crippen molar-refractivity contribution in [3.05, 3.63) is 58.6 Å². The highest BCUT2D eigenvalue weighted by Crippen LogP contribution is 2.24. The molecule has 0 aliphatic heterocycles. The molecule has 0 atom stereocenters.